The summed E-state index contributed by atoms with van der Waals surface area (Å²) in [5.41, 5.74) is 0. The van der Waals surface area contributed by atoms with E-state index < -0.39 is 0 Å². The molecular weight excluding hydrogens is 262 g/mol. The number of ether oxygens (including phenoxy) is 1. The zero-order valence-corrected chi connectivity index (χ0v) is 12.7. The van der Waals surface area contributed by atoms with Crippen molar-refractivity contribution in [2.75, 3.05) is 18.9 Å². The van der Waals surface area contributed by atoms with Crippen molar-refractivity contribution < 1.29 is 9.53 Å². The maximum Gasteiger partial charge on any atom is 0.323 e. The summed E-state index contributed by atoms with van der Waals surface area (Å²) in [7, 11) is 1.97. The van der Waals surface area contributed by atoms with Crippen LogP contribution in [0.1, 0.15) is 26.7 Å². The number of aryl methyl sites for hydroxylation is 1. The lowest BCUT2D eigenvalue weighted by molar-refractivity contribution is -0.145. The molecule has 1 N–H and O–H groups in total. The van der Waals surface area contributed by atoms with Crippen molar-refractivity contribution in [3.05, 3.63) is 12.4 Å². The molecule has 1 unspecified atom stereocenters. The van der Waals surface area contributed by atoms with Crippen LogP contribution in [0.3, 0.4) is 0 Å². The molecule has 0 radical (unpaired) electrons. The van der Waals surface area contributed by atoms with E-state index in [4.69, 9.17) is 4.74 Å². The molecule has 1 rings (SSSR count). The molecule has 6 heteroatoms. The summed E-state index contributed by atoms with van der Waals surface area (Å²) in [6.45, 7) is 5.17. The predicted molar refractivity (Wildman–Crippen MR) is 77.3 cm³/mol. The first-order valence-electron chi connectivity index (χ1n) is 6.69. The Labute approximate surface area is 119 Å². The minimum absolute atomic E-state index is 0.156. The van der Waals surface area contributed by atoms with Crippen LogP contribution in [0.2, 0.25) is 0 Å². The Bertz CT molecular complexity index is 382. The van der Waals surface area contributed by atoms with Crippen LogP contribution in [0.25, 0.3) is 0 Å². The van der Waals surface area contributed by atoms with Gasteiger partial charge in [0, 0.05) is 25.2 Å². The predicted octanol–water partition coefficient (Wildman–Crippen LogP) is 1.83. The summed E-state index contributed by atoms with van der Waals surface area (Å²) in [6, 6.07) is -0.215. The van der Waals surface area contributed by atoms with Gasteiger partial charge in [-0.2, -0.15) is 0 Å². The Morgan fingerprint density at radius 3 is 2.95 bits per heavy atom. The summed E-state index contributed by atoms with van der Waals surface area (Å²) in [6.07, 6.45) is 5.44. The van der Waals surface area contributed by atoms with Crippen molar-refractivity contribution in [3.63, 3.8) is 0 Å². The fourth-order valence-corrected chi connectivity index (χ4v) is 2.56. The zero-order valence-electron chi connectivity index (χ0n) is 11.9. The Morgan fingerprint density at radius 2 is 2.37 bits per heavy atom. The molecular formula is C13H23N3O2S. The number of hydrogen-bond acceptors (Lipinski definition) is 5. The fourth-order valence-electron chi connectivity index (χ4n) is 1.62. The highest BCUT2D eigenvalue weighted by Crippen LogP contribution is 2.16. The van der Waals surface area contributed by atoms with E-state index in [0.29, 0.717) is 6.61 Å². The van der Waals surface area contributed by atoms with Crippen molar-refractivity contribution >= 4 is 17.7 Å². The number of imidazole rings is 1. The number of thioether (sulfide) groups is 1. The van der Waals surface area contributed by atoms with Gasteiger partial charge in [-0.3, -0.25) is 4.79 Å². The summed E-state index contributed by atoms with van der Waals surface area (Å²) in [5.74, 6) is 0.682. The molecule has 1 aromatic rings. The second kappa shape index (κ2) is 8.98. The quantitative estimate of drug-likeness (QED) is 0.554. The Morgan fingerprint density at radius 1 is 1.58 bits per heavy atom. The second-order valence-corrected chi connectivity index (χ2v) is 5.28. The summed E-state index contributed by atoms with van der Waals surface area (Å²) in [4.78, 5) is 16.0. The molecule has 1 atom stereocenters. The topological polar surface area (TPSA) is 56.2 Å². The number of aromatic nitrogens is 2. The minimum atomic E-state index is -0.215. The Kier molecular flexibility index (Phi) is 7.59. The van der Waals surface area contributed by atoms with Gasteiger partial charge in [-0.25, -0.2) is 4.98 Å². The molecule has 0 aliphatic rings. The molecule has 0 aliphatic heterocycles. The van der Waals surface area contributed by atoms with E-state index in [1.54, 1.807) is 18.0 Å². The Hall–Kier alpha value is -1.01. The second-order valence-electron chi connectivity index (χ2n) is 4.22. The number of esters is 1. The van der Waals surface area contributed by atoms with E-state index in [1.807, 2.05) is 24.7 Å². The van der Waals surface area contributed by atoms with E-state index in [-0.39, 0.29) is 12.0 Å². The summed E-state index contributed by atoms with van der Waals surface area (Å²) < 4.78 is 7.06. The number of nitrogens with zero attached hydrogens (tertiary/aromatic N) is 2. The van der Waals surface area contributed by atoms with Gasteiger partial charge in [-0.1, -0.05) is 18.7 Å². The SMILES string of the molecule is CCCNC(CCSc1nccn1C)C(=O)OCC. The van der Waals surface area contributed by atoms with E-state index in [0.717, 1.165) is 30.3 Å². The lowest BCUT2D eigenvalue weighted by Crippen LogP contribution is -2.39. The molecule has 0 amide bonds. The highest BCUT2D eigenvalue weighted by atomic mass is 32.2. The fraction of sp³-hybridized carbons (Fsp3) is 0.692. The van der Waals surface area contributed by atoms with Crippen LogP contribution in [0.15, 0.2) is 17.6 Å². The molecule has 1 aromatic heterocycles. The van der Waals surface area contributed by atoms with Crippen LogP contribution in [-0.4, -0.2) is 40.5 Å². The zero-order chi connectivity index (χ0) is 14.1. The lowest BCUT2D eigenvalue weighted by Gasteiger charge is -2.16. The third kappa shape index (κ3) is 5.65. The standard InChI is InChI=1S/C13H23N3O2S/c1-4-7-14-11(12(17)18-5-2)6-10-19-13-15-8-9-16(13)3/h8-9,11,14H,4-7,10H2,1-3H3. The molecule has 0 bridgehead atoms. The van der Waals surface area contributed by atoms with E-state index in [1.165, 1.54) is 0 Å². The molecule has 108 valence electrons. The van der Waals surface area contributed by atoms with Crippen LogP contribution in [-0.2, 0) is 16.6 Å². The van der Waals surface area contributed by atoms with Gasteiger partial charge in [0.15, 0.2) is 5.16 Å². The van der Waals surface area contributed by atoms with Gasteiger partial charge in [0.1, 0.15) is 6.04 Å². The molecule has 0 fully saturated rings. The number of hydrogen-bond donors (Lipinski definition) is 1. The van der Waals surface area contributed by atoms with Gasteiger partial charge in [0.05, 0.1) is 6.61 Å². The smallest absolute Gasteiger partial charge is 0.323 e. The molecule has 5 nitrogen and oxygen atoms in total. The number of rotatable bonds is 9. The van der Waals surface area contributed by atoms with Gasteiger partial charge >= 0.3 is 5.97 Å². The molecule has 0 saturated carbocycles. The highest BCUT2D eigenvalue weighted by molar-refractivity contribution is 7.99. The third-order valence-electron chi connectivity index (χ3n) is 2.63. The van der Waals surface area contributed by atoms with Gasteiger partial charge in [0.2, 0.25) is 0 Å². The van der Waals surface area contributed by atoms with Crippen LogP contribution < -0.4 is 5.32 Å². The lowest BCUT2D eigenvalue weighted by atomic mass is 10.2. The highest BCUT2D eigenvalue weighted by Gasteiger charge is 2.18. The third-order valence-corrected chi connectivity index (χ3v) is 3.72. The van der Waals surface area contributed by atoms with Crippen molar-refractivity contribution in [1.29, 1.82) is 0 Å². The number of carbonyl (C=O) groups is 1. The molecule has 0 saturated heterocycles. The molecule has 0 spiro atoms. The van der Waals surface area contributed by atoms with E-state index in [2.05, 4.69) is 17.2 Å². The van der Waals surface area contributed by atoms with Crippen LogP contribution in [0.4, 0.5) is 0 Å². The first-order chi connectivity index (χ1) is 9.19. The number of nitrogens with one attached hydrogen (secondary N) is 1. The first-order valence-corrected chi connectivity index (χ1v) is 7.67. The van der Waals surface area contributed by atoms with Gasteiger partial charge in [-0.15, -0.1) is 0 Å². The largest absolute Gasteiger partial charge is 0.465 e. The van der Waals surface area contributed by atoms with Gasteiger partial charge in [0.25, 0.3) is 0 Å². The van der Waals surface area contributed by atoms with Crippen molar-refractivity contribution in [1.82, 2.24) is 14.9 Å². The summed E-state index contributed by atoms with van der Waals surface area (Å²) in [5, 5.41) is 4.20. The van der Waals surface area contributed by atoms with Gasteiger partial charge < -0.3 is 14.6 Å². The van der Waals surface area contributed by atoms with Crippen molar-refractivity contribution in [2.24, 2.45) is 7.05 Å². The monoisotopic (exact) mass is 285 g/mol. The van der Waals surface area contributed by atoms with Crippen LogP contribution in [0.5, 0.6) is 0 Å². The molecule has 0 aromatic carbocycles. The molecule has 0 aliphatic carbocycles. The van der Waals surface area contributed by atoms with Gasteiger partial charge in [-0.05, 0) is 26.3 Å². The average molecular weight is 285 g/mol. The summed E-state index contributed by atoms with van der Waals surface area (Å²) >= 11 is 1.66. The normalized spacial score (nSPS) is 12.4. The Balaban J connectivity index is 2.39. The van der Waals surface area contributed by atoms with Crippen LogP contribution >= 0.6 is 11.8 Å². The average Bonchev–Trinajstić information content (AvgIpc) is 2.79. The maximum atomic E-state index is 11.8. The van der Waals surface area contributed by atoms with E-state index in [9.17, 15) is 4.79 Å². The van der Waals surface area contributed by atoms with Crippen molar-refractivity contribution in [2.45, 2.75) is 37.9 Å². The number of carbonyl (C=O) groups excluding carboxylic acids is 1. The minimum Gasteiger partial charge on any atom is -0.465 e. The van der Waals surface area contributed by atoms with Crippen LogP contribution in [0, 0.1) is 0 Å². The maximum absolute atomic E-state index is 11.8. The van der Waals surface area contributed by atoms with E-state index >= 15 is 0 Å². The molecule has 1 heterocycles. The first kappa shape index (κ1) is 16.0. The van der Waals surface area contributed by atoms with Crippen molar-refractivity contribution in [3.8, 4) is 0 Å². The molecule has 19 heavy (non-hydrogen) atoms.